The minimum absolute atomic E-state index is 0.179. The number of amides is 1. The normalized spacial score (nSPS) is 10.7. The molecule has 0 saturated heterocycles. The minimum atomic E-state index is -0.179. The lowest BCUT2D eigenvalue weighted by Gasteiger charge is -2.13. The van der Waals surface area contributed by atoms with E-state index in [1.807, 2.05) is 66.7 Å². The molecule has 0 aromatic heterocycles. The van der Waals surface area contributed by atoms with Crippen LogP contribution in [-0.4, -0.2) is 19.2 Å². The van der Waals surface area contributed by atoms with Crippen LogP contribution in [0.2, 0.25) is 0 Å². The molecule has 0 aliphatic rings. The van der Waals surface area contributed by atoms with Gasteiger partial charge in [0.15, 0.2) is 11.5 Å². The Hall–Kier alpha value is -3.12. The van der Waals surface area contributed by atoms with Crippen LogP contribution in [0.1, 0.15) is 16.7 Å². The monoisotopic (exact) mass is 452 g/mol. The number of hydrogen-bond acceptors (Lipinski definition) is 4. The van der Waals surface area contributed by atoms with Crippen molar-refractivity contribution in [2.75, 3.05) is 7.11 Å². The number of ether oxygens (including phenoxy) is 2. The second-order valence-corrected chi connectivity index (χ2v) is 7.12. The maximum Gasteiger partial charge on any atom is 0.244 e. The molecule has 0 aliphatic carbocycles. The molecule has 0 saturated carbocycles. The highest BCUT2D eigenvalue weighted by Crippen LogP contribution is 2.36. The van der Waals surface area contributed by atoms with Crippen LogP contribution < -0.4 is 14.9 Å². The van der Waals surface area contributed by atoms with Gasteiger partial charge in [-0.15, -0.1) is 0 Å². The van der Waals surface area contributed by atoms with Crippen LogP contribution in [0.25, 0.3) is 0 Å². The first kappa shape index (κ1) is 20.6. The molecular formula is C23H21BrN2O3. The van der Waals surface area contributed by atoms with Gasteiger partial charge in [0.25, 0.3) is 0 Å². The van der Waals surface area contributed by atoms with Gasteiger partial charge < -0.3 is 9.47 Å². The van der Waals surface area contributed by atoms with E-state index in [4.69, 9.17) is 9.47 Å². The van der Waals surface area contributed by atoms with Crippen molar-refractivity contribution < 1.29 is 14.3 Å². The Morgan fingerprint density at radius 3 is 2.34 bits per heavy atom. The first-order chi connectivity index (χ1) is 14.2. The summed E-state index contributed by atoms with van der Waals surface area (Å²) in [5, 5.41) is 4.04. The number of rotatable bonds is 8. The zero-order valence-corrected chi connectivity index (χ0v) is 17.6. The molecule has 0 aliphatic heterocycles. The molecule has 3 aromatic carbocycles. The summed E-state index contributed by atoms with van der Waals surface area (Å²) >= 11 is 3.52. The third-order valence-corrected chi connectivity index (χ3v) is 4.68. The fraction of sp³-hybridized carbons (Fsp3) is 0.130. The van der Waals surface area contributed by atoms with E-state index in [1.165, 1.54) is 0 Å². The molecule has 0 bridgehead atoms. The van der Waals surface area contributed by atoms with E-state index in [0.717, 1.165) is 21.2 Å². The standard InChI is InChI=1S/C23H21BrN2O3/c1-28-21-13-19(15-25-26-22(27)14-17-8-4-2-5-9-17)12-20(24)23(21)29-16-18-10-6-3-7-11-18/h2-13,15H,14,16H2,1H3,(H,26,27)/b25-15-. The summed E-state index contributed by atoms with van der Waals surface area (Å²) < 4.78 is 12.1. The molecule has 0 heterocycles. The number of hydrazone groups is 1. The van der Waals surface area contributed by atoms with E-state index >= 15 is 0 Å². The second-order valence-electron chi connectivity index (χ2n) is 6.26. The largest absolute Gasteiger partial charge is 0.493 e. The van der Waals surface area contributed by atoms with E-state index in [0.29, 0.717) is 18.1 Å². The Bertz CT molecular complexity index is 976. The summed E-state index contributed by atoms with van der Waals surface area (Å²) in [6, 6.07) is 23.1. The number of nitrogens with one attached hydrogen (secondary N) is 1. The lowest BCUT2D eigenvalue weighted by atomic mass is 10.1. The van der Waals surface area contributed by atoms with Crippen LogP contribution in [0.5, 0.6) is 11.5 Å². The number of methoxy groups -OCH3 is 1. The van der Waals surface area contributed by atoms with Gasteiger partial charge in [0.1, 0.15) is 6.61 Å². The summed E-state index contributed by atoms with van der Waals surface area (Å²) in [5.41, 5.74) is 5.30. The van der Waals surface area contributed by atoms with Crippen molar-refractivity contribution in [3.8, 4) is 11.5 Å². The van der Waals surface area contributed by atoms with E-state index in [-0.39, 0.29) is 12.3 Å². The molecule has 3 rings (SSSR count). The highest BCUT2D eigenvalue weighted by atomic mass is 79.9. The SMILES string of the molecule is COc1cc(/C=N\NC(=O)Cc2ccccc2)cc(Br)c1OCc1ccccc1. The summed E-state index contributed by atoms with van der Waals surface area (Å²) in [6.45, 7) is 0.429. The van der Waals surface area contributed by atoms with Gasteiger partial charge in [-0.05, 0) is 44.8 Å². The van der Waals surface area contributed by atoms with Gasteiger partial charge in [0.05, 0.1) is 24.2 Å². The van der Waals surface area contributed by atoms with E-state index in [2.05, 4.69) is 26.5 Å². The molecule has 1 N–H and O–H groups in total. The molecule has 6 heteroatoms. The quantitative estimate of drug-likeness (QED) is 0.396. The molecule has 0 atom stereocenters. The van der Waals surface area contributed by atoms with Crippen molar-refractivity contribution >= 4 is 28.1 Å². The highest BCUT2D eigenvalue weighted by Gasteiger charge is 2.11. The number of hydrogen-bond donors (Lipinski definition) is 1. The topological polar surface area (TPSA) is 59.9 Å². The molecule has 3 aromatic rings. The number of carbonyl (C=O) groups is 1. The molecule has 0 fully saturated rings. The Morgan fingerprint density at radius 2 is 1.69 bits per heavy atom. The average molecular weight is 453 g/mol. The summed E-state index contributed by atoms with van der Waals surface area (Å²) in [5.74, 6) is 1.01. The van der Waals surface area contributed by atoms with Gasteiger partial charge in [-0.2, -0.15) is 5.10 Å². The maximum absolute atomic E-state index is 12.0. The van der Waals surface area contributed by atoms with Crippen LogP contribution in [-0.2, 0) is 17.8 Å². The fourth-order valence-corrected chi connectivity index (χ4v) is 3.26. The first-order valence-corrected chi connectivity index (χ1v) is 9.85. The average Bonchev–Trinajstić information content (AvgIpc) is 2.74. The molecule has 148 valence electrons. The summed E-state index contributed by atoms with van der Waals surface area (Å²) in [6.07, 6.45) is 1.84. The van der Waals surface area contributed by atoms with Gasteiger partial charge in [0.2, 0.25) is 5.91 Å². The van der Waals surface area contributed by atoms with Crippen molar-refractivity contribution in [3.05, 3.63) is 94.0 Å². The predicted molar refractivity (Wildman–Crippen MR) is 117 cm³/mol. The molecule has 5 nitrogen and oxygen atoms in total. The third-order valence-electron chi connectivity index (χ3n) is 4.09. The number of halogens is 1. The van der Waals surface area contributed by atoms with Crippen LogP contribution in [0.4, 0.5) is 0 Å². The molecule has 0 radical (unpaired) electrons. The van der Waals surface area contributed by atoms with Gasteiger partial charge >= 0.3 is 0 Å². The summed E-state index contributed by atoms with van der Waals surface area (Å²) in [7, 11) is 1.58. The van der Waals surface area contributed by atoms with Gasteiger partial charge in [-0.1, -0.05) is 60.7 Å². The van der Waals surface area contributed by atoms with E-state index in [9.17, 15) is 4.79 Å². The van der Waals surface area contributed by atoms with Gasteiger partial charge in [-0.25, -0.2) is 5.43 Å². The number of nitrogens with zero attached hydrogens (tertiary/aromatic N) is 1. The van der Waals surface area contributed by atoms with Crippen LogP contribution in [0.3, 0.4) is 0 Å². The summed E-state index contributed by atoms with van der Waals surface area (Å²) in [4.78, 5) is 12.0. The fourth-order valence-electron chi connectivity index (χ4n) is 2.68. The van der Waals surface area contributed by atoms with Crippen molar-refractivity contribution in [3.63, 3.8) is 0 Å². The molecule has 29 heavy (non-hydrogen) atoms. The van der Waals surface area contributed by atoms with Gasteiger partial charge in [0, 0.05) is 0 Å². The molecule has 0 spiro atoms. The lowest BCUT2D eigenvalue weighted by Crippen LogP contribution is -2.19. The van der Waals surface area contributed by atoms with Crippen molar-refractivity contribution in [1.82, 2.24) is 5.43 Å². The first-order valence-electron chi connectivity index (χ1n) is 9.06. The molecule has 0 unspecified atom stereocenters. The van der Waals surface area contributed by atoms with Crippen molar-refractivity contribution in [2.24, 2.45) is 5.10 Å². The zero-order valence-electron chi connectivity index (χ0n) is 16.0. The number of carbonyl (C=O) groups excluding carboxylic acids is 1. The second kappa shape index (κ2) is 10.4. The van der Waals surface area contributed by atoms with Crippen LogP contribution in [0, 0.1) is 0 Å². The van der Waals surface area contributed by atoms with Crippen molar-refractivity contribution in [2.45, 2.75) is 13.0 Å². The molecular weight excluding hydrogens is 432 g/mol. The molecule has 1 amide bonds. The number of benzene rings is 3. The van der Waals surface area contributed by atoms with Crippen LogP contribution in [0.15, 0.2) is 82.4 Å². The van der Waals surface area contributed by atoms with E-state index < -0.39 is 0 Å². The van der Waals surface area contributed by atoms with Crippen LogP contribution >= 0.6 is 15.9 Å². The van der Waals surface area contributed by atoms with Gasteiger partial charge in [-0.3, -0.25) is 4.79 Å². The maximum atomic E-state index is 12.0. The van der Waals surface area contributed by atoms with Crippen molar-refractivity contribution in [1.29, 1.82) is 0 Å². The Morgan fingerprint density at radius 1 is 1.03 bits per heavy atom. The third kappa shape index (κ3) is 6.19. The Balaban J connectivity index is 1.63. The Labute approximate surface area is 178 Å². The highest BCUT2D eigenvalue weighted by molar-refractivity contribution is 9.10. The lowest BCUT2D eigenvalue weighted by molar-refractivity contribution is -0.120. The predicted octanol–water partition coefficient (Wildman–Crippen LogP) is 4.73. The zero-order chi connectivity index (χ0) is 20.5. The van der Waals surface area contributed by atoms with E-state index in [1.54, 1.807) is 19.4 Å². The minimum Gasteiger partial charge on any atom is -0.493 e. The smallest absolute Gasteiger partial charge is 0.244 e. The Kier molecular flexibility index (Phi) is 7.41.